The third kappa shape index (κ3) is 12.4. The topological polar surface area (TPSA) is 234 Å². The van der Waals surface area contributed by atoms with E-state index in [2.05, 4.69) is 62.4 Å². The number of pyridine rings is 1. The van der Waals surface area contributed by atoms with Gasteiger partial charge in [-0.05, 0) is 92.7 Å². The molecular weight excluding hydrogens is 1070 g/mol. The number of benzene rings is 2. The van der Waals surface area contributed by atoms with Gasteiger partial charge in [0.2, 0.25) is 17.7 Å². The second-order valence-electron chi connectivity index (χ2n) is 24.1. The number of nitrogens with zero attached hydrogens (tertiary/aromatic N) is 10. The summed E-state index contributed by atoms with van der Waals surface area (Å²) < 4.78 is 24.6. The molecule has 83 heavy (non-hydrogen) atoms. The van der Waals surface area contributed by atoms with Crippen LogP contribution in [0.5, 0.6) is 11.6 Å². The number of likely N-dealkylation sites (tertiary alicyclic amines) is 2. The number of thiazole rings is 1. The number of β-amino-alcohol motifs (C(OH)–C–C–N with tert-alkyl or cyclic N) is 1. The van der Waals surface area contributed by atoms with Crippen molar-refractivity contribution < 1.29 is 38.5 Å². The zero-order chi connectivity index (χ0) is 57.3. The lowest BCUT2D eigenvalue weighted by atomic mass is 9.91. The molecule has 6 atom stereocenters. The van der Waals surface area contributed by atoms with Crippen LogP contribution in [0.15, 0.2) is 89.0 Å². The van der Waals surface area contributed by atoms with Gasteiger partial charge >= 0.3 is 0 Å². The number of phenolic OH excluding ortho intramolecular Hbond substituents is 1. The van der Waals surface area contributed by atoms with Gasteiger partial charge in [0.25, 0.3) is 0 Å². The summed E-state index contributed by atoms with van der Waals surface area (Å²) in [4.78, 5) is 49.9. The monoisotopic (exact) mass is 1150 g/mol. The van der Waals surface area contributed by atoms with Crippen LogP contribution in [0, 0.1) is 18.8 Å². The number of phenols is 1. The van der Waals surface area contributed by atoms with Crippen molar-refractivity contribution in [2.75, 3.05) is 86.5 Å². The summed E-state index contributed by atoms with van der Waals surface area (Å²) in [6.07, 6.45) is 9.72. The molecule has 2 unspecified atom stereocenters. The third-order valence-electron chi connectivity index (χ3n) is 18.1. The molecule has 20 nitrogen and oxygen atoms in total. The molecule has 5 saturated heterocycles. The summed E-state index contributed by atoms with van der Waals surface area (Å²) in [7, 11) is 1.60. The summed E-state index contributed by atoms with van der Waals surface area (Å²) in [5.41, 5.74) is 14.3. The number of piperazine rings is 1. The van der Waals surface area contributed by atoms with Crippen LogP contribution in [0.1, 0.15) is 101 Å². The Bertz CT molecular complexity index is 3180. The first-order valence-corrected chi connectivity index (χ1v) is 30.7. The van der Waals surface area contributed by atoms with Gasteiger partial charge in [-0.2, -0.15) is 0 Å². The maximum absolute atomic E-state index is 14.5. The number of carbonyl (C=O) groups is 2. The summed E-state index contributed by atoms with van der Waals surface area (Å²) in [6, 6.07) is 22.5. The van der Waals surface area contributed by atoms with E-state index in [4.69, 9.17) is 24.5 Å². The number of piperidine rings is 2. The molecule has 12 rings (SSSR count). The van der Waals surface area contributed by atoms with E-state index < -0.39 is 24.1 Å². The van der Waals surface area contributed by atoms with Crippen molar-refractivity contribution in [3.63, 3.8) is 0 Å². The van der Waals surface area contributed by atoms with E-state index in [1.54, 1.807) is 30.6 Å². The van der Waals surface area contributed by atoms with E-state index >= 15 is 0 Å². The highest BCUT2D eigenvalue weighted by molar-refractivity contribution is 7.13. The Morgan fingerprint density at radius 2 is 1.61 bits per heavy atom. The first-order valence-electron chi connectivity index (χ1n) is 29.8. The summed E-state index contributed by atoms with van der Waals surface area (Å²) in [6.45, 7) is 12.7. The molecule has 4 aromatic heterocycles. The number of para-hydroxylation sites is 1. The van der Waals surface area contributed by atoms with Crippen LogP contribution in [0.3, 0.4) is 0 Å². The maximum Gasteiger partial charge on any atom is 0.243 e. The van der Waals surface area contributed by atoms with Gasteiger partial charge in [0.05, 0.1) is 58.4 Å². The number of carbonyl (C=O) groups excluding carboxylic acids is 2. The van der Waals surface area contributed by atoms with E-state index in [0.29, 0.717) is 46.7 Å². The number of hydrogen-bond acceptors (Lipinski definition) is 19. The molecule has 6 fully saturated rings. The molecule has 1 saturated carbocycles. The Kier molecular flexibility index (Phi) is 16.9. The van der Waals surface area contributed by atoms with Crippen molar-refractivity contribution >= 4 is 46.2 Å². The standard InChI is InChI=1S/C62H78N12O8S/c1-37(2)58(62(78)73-34-45(75)26-53(73)61(77)66-51(35-79-4)40-9-11-41(12-10-40)59-38(3)65-36-83-59)55-30-56(69-82-55)71-23-16-39(17-24-71)31-70-21-18-46(19-22-70)80-47-27-48(28-47)81-57-25-42(15-20-64-57)74-43-13-14-44(74)33-72(32-43)52-29-50(67-68-60(52)63)49-7-5-6-8-54(49)76/h5-12,15,20,25,29-30,36-37,39,43-48,51,53,58,75-76H,13-14,16-19,21-24,26-28,31-35H2,1-4H3,(H2,63,68)(H,66,77)/t43?,44?,45-,47?,48?,51-,53+,58-/m1/s1. The van der Waals surface area contributed by atoms with Crippen LogP contribution in [0.4, 0.5) is 23.0 Å². The Morgan fingerprint density at radius 3 is 2.33 bits per heavy atom. The fraction of sp³-hybridized carbons (Fsp3) is 0.532. The number of fused-ring (bicyclic) bond motifs is 2. The Balaban J connectivity index is 0.569. The Hall–Kier alpha value is -6.91. The number of aromatic nitrogens is 5. The molecule has 5 N–H and O–H groups in total. The van der Waals surface area contributed by atoms with Gasteiger partial charge < -0.3 is 64.5 Å². The molecule has 1 aliphatic carbocycles. The van der Waals surface area contributed by atoms with Gasteiger partial charge in [-0.3, -0.25) is 9.59 Å². The second kappa shape index (κ2) is 24.7. The van der Waals surface area contributed by atoms with E-state index in [9.17, 15) is 19.8 Å². The fourth-order valence-electron chi connectivity index (χ4n) is 13.6. The van der Waals surface area contributed by atoms with Crippen LogP contribution in [0.2, 0.25) is 0 Å². The smallest absolute Gasteiger partial charge is 0.243 e. The molecule has 2 aromatic carbocycles. The highest BCUT2D eigenvalue weighted by Crippen LogP contribution is 2.41. The quantitative estimate of drug-likeness (QED) is 0.0611. The zero-order valence-corrected chi connectivity index (χ0v) is 48.8. The molecule has 440 valence electrons. The number of nitrogens with two attached hydrogens (primary N) is 1. The average molecular weight is 1150 g/mol. The number of aryl methyl sites for hydroxylation is 1. The number of aliphatic hydroxyl groups excluding tert-OH is 1. The summed E-state index contributed by atoms with van der Waals surface area (Å²) >= 11 is 1.59. The molecule has 9 heterocycles. The zero-order valence-electron chi connectivity index (χ0n) is 48.0. The van der Waals surface area contributed by atoms with E-state index in [1.807, 2.05) is 81.0 Å². The van der Waals surface area contributed by atoms with Crippen LogP contribution in [-0.2, 0) is 19.1 Å². The number of ether oxygens (including phenoxy) is 3. The number of anilines is 4. The average Bonchev–Trinajstić information content (AvgIpc) is 4.20. The highest BCUT2D eigenvalue weighted by Gasteiger charge is 2.45. The Labute approximate surface area is 489 Å². The van der Waals surface area contributed by atoms with Gasteiger partial charge in [-0.15, -0.1) is 21.5 Å². The van der Waals surface area contributed by atoms with Gasteiger partial charge in [0.1, 0.15) is 23.8 Å². The lowest BCUT2D eigenvalue weighted by Gasteiger charge is -2.43. The van der Waals surface area contributed by atoms with Gasteiger partial charge in [0.15, 0.2) is 17.4 Å². The molecule has 6 aromatic rings. The van der Waals surface area contributed by atoms with E-state index in [-0.39, 0.29) is 61.4 Å². The van der Waals surface area contributed by atoms with Gasteiger partial charge in [0, 0.05) is 120 Å². The predicted molar refractivity (Wildman–Crippen MR) is 317 cm³/mol. The number of nitrogen functional groups attached to an aromatic ring is 1. The van der Waals surface area contributed by atoms with Crippen LogP contribution in [-0.4, -0.2) is 166 Å². The number of nitrogens with one attached hydrogen (secondary N) is 1. The highest BCUT2D eigenvalue weighted by atomic mass is 32.1. The summed E-state index contributed by atoms with van der Waals surface area (Å²) in [5, 5.41) is 37.6. The van der Waals surface area contributed by atoms with Crippen molar-refractivity contribution in [1.82, 2.24) is 40.4 Å². The number of aliphatic hydroxyl groups is 1. The number of rotatable bonds is 19. The molecule has 2 amide bonds. The molecule has 21 heteroatoms. The molecule has 6 aliphatic rings. The predicted octanol–water partition coefficient (Wildman–Crippen LogP) is 7.62. The minimum Gasteiger partial charge on any atom is -0.507 e. The normalized spacial score (nSPS) is 24.1. The fourth-order valence-corrected chi connectivity index (χ4v) is 14.4. The minimum atomic E-state index is -0.855. The first kappa shape index (κ1) is 56.6. The largest absolute Gasteiger partial charge is 0.507 e. The van der Waals surface area contributed by atoms with Crippen LogP contribution < -0.4 is 30.5 Å². The van der Waals surface area contributed by atoms with Crippen LogP contribution in [0.25, 0.3) is 21.7 Å². The number of aromatic hydroxyl groups is 1. The Morgan fingerprint density at radius 1 is 0.855 bits per heavy atom. The van der Waals surface area contributed by atoms with Crippen molar-refractivity contribution in [2.24, 2.45) is 11.8 Å². The third-order valence-corrected chi connectivity index (χ3v) is 19.1. The number of hydrogen-bond donors (Lipinski definition) is 4. The number of methoxy groups -OCH3 is 1. The van der Waals surface area contributed by atoms with Crippen LogP contribution >= 0.6 is 11.3 Å². The molecule has 5 aliphatic heterocycles. The lowest BCUT2D eigenvalue weighted by Crippen LogP contribution is -2.54. The van der Waals surface area contributed by atoms with E-state index in [1.165, 1.54) is 4.90 Å². The summed E-state index contributed by atoms with van der Waals surface area (Å²) in [5.74, 6) is 1.56. The van der Waals surface area contributed by atoms with Crippen molar-refractivity contribution in [3.8, 4) is 33.3 Å². The molecule has 0 radical (unpaired) electrons. The molecule has 2 bridgehead atoms. The van der Waals surface area contributed by atoms with Crippen molar-refractivity contribution in [1.29, 1.82) is 0 Å². The number of amides is 2. The van der Waals surface area contributed by atoms with E-state index in [0.717, 1.165) is 136 Å². The molecular formula is C62H78N12O8S. The maximum atomic E-state index is 14.5. The SMILES string of the molecule is COC[C@@H](NC(=O)[C@@H]1C[C@@H](O)CN1C(=O)[C@@H](c1cc(N2CCC(CN3CCC(OC4CC(Oc5cc(N6C7CCC6CN(c6cc(-c8ccccc8O)nnc6N)C7)ccn5)C4)CC3)CC2)no1)C(C)C)c1ccc(-c2scnc2C)cc1. The molecule has 0 spiro atoms. The first-order chi connectivity index (χ1) is 40.3. The van der Waals surface area contributed by atoms with Crippen molar-refractivity contribution in [2.45, 2.75) is 133 Å². The second-order valence-corrected chi connectivity index (χ2v) is 24.9. The minimum absolute atomic E-state index is 0.0572. The van der Waals surface area contributed by atoms with Crippen molar-refractivity contribution in [3.05, 3.63) is 102 Å². The lowest BCUT2D eigenvalue weighted by molar-refractivity contribution is -0.141. The van der Waals surface area contributed by atoms with Gasteiger partial charge in [-0.25, -0.2) is 9.97 Å². The van der Waals surface area contributed by atoms with Gasteiger partial charge in [-0.1, -0.05) is 55.4 Å².